The Kier molecular flexibility index (Phi) is 7.13. The quantitative estimate of drug-likeness (QED) is 0.601. The van der Waals surface area contributed by atoms with E-state index < -0.39 is 0 Å². The van der Waals surface area contributed by atoms with Crippen LogP contribution in [0.4, 0.5) is 0 Å². The third kappa shape index (κ3) is 5.18. The average Bonchev–Trinajstić information content (AvgIpc) is 2.05. The van der Waals surface area contributed by atoms with Gasteiger partial charge >= 0.3 is 0 Å². The maximum atomic E-state index is 8.86. The fourth-order valence-electron chi connectivity index (χ4n) is 1.52. The highest BCUT2D eigenvalue weighted by Crippen LogP contribution is 2.07. The molecule has 0 amide bonds. The number of aliphatic hydroxyl groups is 1. The SMILES string of the molecule is CCC(CC)N(CCO)CC(N)=S. The molecule has 0 heterocycles. The highest BCUT2D eigenvalue weighted by Gasteiger charge is 2.14. The molecule has 0 aliphatic carbocycles. The van der Waals surface area contributed by atoms with E-state index in [0.29, 0.717) is 24.1 Å². The Bertz CT molecular complexity index is 149. The monoisotopic (exact) mass is 204 g/mol. The molecule has 0 fully saturated rings. The molecule has 0 aromatic carbocycles. The Morgan fingerprint density at radius 2 is 2.00 bits per heavy atom. The second-order valence-corrected chi connectivity index (χ2v) is 3.66. The molecular formula is C9H20N2OS. The van der Waals surface area contributed by atoms with Crippen LogP contribution in [0, 0.1) is 0 Å². The summed E-state index contributed by atoms with van der Waals surface area (Å²) in [7, 11) is 0. The van der Waals surface area contributed by atoms with Crippen LogP contribution in [-0.4, -0.2) is 40.7 Å². The van der Waals surface area contributed by atoms with E-state index in [1.54, 1.807) is 0 Å². The predicted molar refractivity (Wildman–Crippen MR) is 59.8 cm³/mol. The lowest BCUT2D eigenvalue weighted by molar-refractivity contribution is 0.162. The molecule has 0 bridgehead atoms. The van der Waals surface area contributed by atoms with E-state index >= 15 is 0 Å². The van der Waals surface area contributed by atoms with Crippen molar-refractivity contribution in [2.75, 3.05) is 19.7 Å². The van der Waals surface area contributed by atoms with Gasteiger partial charge in [-0.05, 0) is 12.8 Å². The molecule has 3 nitrogen and oxygen atoms in total. The summed E-state index contributed by atoms with van der Waals surface area (Å²) in [6.45, 7) is 5.71. The van der Waals surface area contributed by atoms with E-state index in [0.717, 1.165) is 12.8 Å². The second kappa shape index (κ2) is 7.24. The molecule has 0 saturated carbocycles. The van der Waals surface area contributed by atoms with Crippen LogP contribution in [-0.2, 0) is 0 Å². The number of thiocarbonyl (C=S) groups is 1. The summed E-state index contributed by atoms with van der Waals surface area (Å²) in [6.07, 6.45) is 2.14. The molecule has 0 spiro atoms. The van der Waals surface area contributed by atoms with Crippen molar-refractivity contribution < 1.29 is 5.11 Å². The molecule has 3 N–H and O–H groups in total. The van der Waals surface area contributed by atoms with Crippen LogP contribution in [0.3, 0.4) is 0 Å². The van der Waals surface area contributed by atoms with Gasteiger partial charge in [0.1, 0.15) is 0 Å². The van der Waals surface area contributed by atoms with Gasteiger partial charge in [-0.25, -0.2) is 0 Å². The Hall–Kier alpha value is -0.190. The highest BCUT2D eigenvalue weighted by atomic mass is 32.1. The maximum absolute atomic E-state index is 8.86. The van der Waals surface area contributed by atoms with E-state index in [-0.39, 0.29) is 6.61 Å². The summed E-state index contributed by atoms with van der Waals surface area (Å²) in [5.74, 6) is 0. The van der Waals surface area contributed by atoms with E-state index in [1.807, 2.05) is 0 Å². The lowest BCUT2D eigenvalue weighted by Crippen LogP contribution is -2.41. The van der Waals surface area contributed by atoms with Gasteiger partial charge in [0.25, 0.3) is 0 Å². The van der Waals surface area contributed by atoms with Crippen molar-refractivity contribution in [3.8, 4) is 0 Å². The highest BCUT2D eigenvalue weighted by molar-refractivity contribution is 7.80. The fourth-order valence-corrected chi connectivity index (χ4v) is 1.69. The van der Waals surface area contributed by atoms with Gasteiger partial charge in [-0.1, -0.05) is 26.1 Å². The zero-order valence-electron chi connectivity index (χ0n) is 8.49. The molecule has 13 heavy (non-hydrogen) atoms. The lowest BCUT2D eigenvalue weighted by atomic mass is 10.1. The first-order valence-corrected chi connectivity index (χ1v) is 5.19. The average molecular weight is 204 g/mol. The van der Waals surface area contributed by atoms with Gasteiger partial charge in [0.2, 0.25) is 0 Å². The molecule has 0 aliphatic rings. The summed E-state index contributed by atoms with van der Waals surface area (Å²) in [5.41, 5.74) is 5.48. The van der Waals surface area contributed by atoms with Crippen molar-refractivity contribution in [1.82, 2.24) is 4.90 Å². The Morgan fingerprint density at radius 3 is 2.31 bits per heavy atom. The molecule has 0 saturated heterocycles. The van der Waals surface area contributed by atoms with Crippen LogP contribution in [0.2, 0.25) is 0 Å². The van der Waals surface area contributed by atoms with Gasteiger partial charge in [0, 0.05) is 19.1 Å². The van der Waals surface area contributed by atoms with Crippen molar-refractivity contribution in [2.24, 2.45) is 5.73 Å². The van der Waals surface area contributed by atoms with E-state index in [4.69, 9.17) is 23.1 Å². The number of hydrogen-bond acceptors (Lipinski definition) is 3. The van der Waals surface area contributed by atoms with Gasteiger partial charge in [0.15, 0.2) is 0 Å². The van der Waals surface area contributed by atoms with Gasteiger partial charge < -0.3 is 10.8 Å². The van der Waals surface area contributed by atoms with Crippen LogP contribution in [0.25, 0.3) is 0 Å². The summed E-state index contributed by atoms with van der Waals surface area (Å²) >= 11 is 4.86. The van der Waals surface area contributed by atoms with Crippen LogP contribution in [0.5, 0.6) is 0 Å². The minimum absolute atomic E-state index is 0.166. The minimum atomic E-state index is 0.166. The van der Waals surface area contributed by atoms with Gasteiger partial charge in [-0.3, -0.25) is 4.90 Å². The van der Waals surface area contributed by atoms with Crippen LogP contribution < -0.4 is 5.73 Å². The Balaban J connectivity index is 4.11. The number of nitrogens with two attached hydrogens (primary N) is 1. The van der Waals surface area contributed by atoms with Crippen LogP contribution >= 0.6 is 12.2 Å². The first-order valence-electron chi connectivity index (χ1n) is 4.78. The minimum Gasteiger partial charge on any atom is -0.395 e. The zero-order valence-corrected chi connectivity index (χ0v) is 9.31. The second-order valence-electron chi connectivity index (χ2n) is 3.13. The number of hydrogen-bond donors (Lipinski definition) is 2. The molecule has 0 aliphatic heterocycles. The van der Waals surface area contributed by atoms with Crippen molar-refractivity contribution in [3.63, 3.8) is 0 Å². The normalized spacial score (nSPS) is 11.2. The third-order valence-corrected chi connectivity index (χ3v) is 2.33. The third-order valence-electron chi connectivity index (χ3n) is 2.21. The van der Waals surface area contributed by atoms with Crippen molar-refractivity contribution in [2.45, 2.75) is 32.7 Å². The largest absolute Gasteiger partial charge is 0.395 e. The first-order chi connectivity index (χ1) is 6.15. The van der Waals surface area contributed by atoms with Crippen LogP contribution in [0.15, 0.2) is 0 Å². The lowest BCUT2D eigenvalue weighted by Gasteiger charge is -2.29. The van der Waals surface area contributed by atoms with E-state index in [2.05, 4.69) is 18.7 Å². The molecule has 78 valence electrons. The summed E-state index contributed by atoms with van der Waals surface area (Å²) in [6, 6.07) is 0.480. The van der Waals surface area contributed by atoms with Gasteiger partial charge in [-0.15, -0.1) is 0 Å². The molecule has 0 radical (unpaired) electrons. The number of nitrogens with zero attached hydrogens (tertiary/aromatic N) is 1. The van der Waals surface area contributed by atoms with E-state index in [1.165, 1.54) is 0 Å². The molecule has 0 rings (SSSR count). The van der Waals surface area contributed by atoms with Crippen LogP contribution in [0.1, 0.15) is 26.7 Å². The van der Waals surface area contributed by atoms with Gasteiger partial charge in [0.05, 0.1) is 11.6 Å². The topological polar surface area (TPSA) is 49.5 Å². The zero-order chi connectivity index (χ0) is 10.3. The first kappa shape index (κ1) is 12.8. The smallest absolute Gasteiger partial charge is 0.0870 e. The number of aliphatic hydroxyl groups excluding tert-OH is 1. The molecule has 0 atom stereocenters. The fraction of sp³-hybridized carbons (Fsp3) is 0.889. The summed E-state index contributed by atoms with van der Waals surface area (Å²) in [4.78, 5) is 2.64. The van der Waals surface area contributed by atoms with E-state index in [9.17, 15) is 0 Å². The summed E-state index contributed by atoms with van der Waals surface area (Å²) < 4.78 is 0. The molecule has 4 heteroatoms. The van der Waals surface area contributed by atoms with Crippen molar-refractivity contribution in [1.29, 1.82) is 0 Å². The van der Waals surface area contributed by atoms with Crippen molar-refractivity contribution in [3.05, 3.63) is 0 Å². The van der Waals surface area contributed by atoms with Gasteiger partial charge in [-0.2, -0.15) is 0 Å². The molecular weight excluding hydrogens is 184 g/mol. The summed E-state index contributed by atoms with van der Waals surface area (Å²) in [5, 5.41) is 8.86. The molecule has 0 unspecified atom stereocenters. The predicted octanol–water partition coefficient (Wildman–Crippen LogP) is 0.755. The molecule has 0 aromatic heterocycles. The Labute approximate surface area is 85.9 Å². The molecule has 0 aromatic rings. The standard InChI is InChI=1S/C9H20N2OS/c1-3-8(4-2)11(5-6-12)7-9(10)13/h8,12H,3-7H2,1-2H3,(H2,10,13). The van der Waals surface area contributed by atoms with Crippen molar-refractivity contribution >= 4 is 17.2 Å². The maximum Gasteiger partial charge on any atom is 0.0870 e. The Morgan fingerprint density at radius 1 is 1.46 bits per heavy atom. The number of rotatable bonds is 7.